The summed E-state index contributed by atoms with van der Waals surface area (Å²) in [6, 6.07) is 0. The summed E-state index contributed by atoms with van der Waals surface area (Å²) in [6.07, 6.45) is 3.98. The van der Waals surface area contributed by atoms with Crippen molar-refractivity contribution in [1.29, 1.82) is 0 Å². The van der Waals surface area contributed by atoms with Gasteiger partial charge in [0.15, 0.2) is 4.96 Å². The van der Waals surface area contributed by atoms with Crippen LogP contribution < -0.4 is 0 Å². The van der Waals surface area contributed by atoms with Crippen molar-refractivity contribution in [2.45, 2.75) is 17.5 Å². The molecule has 0 aliphatic carbocycles. The van der Waals surface area contributed by atoms with Gasteiger partial charge in [-0.3, -0.25) is 4.40 Å². The first-order chi connectivity index (χ1) is 8.86. The van der Waals surface area contributed by atoms with Gasteiger partial charge in [-0.25, -0.2) is 9.67 Å². The van der Waals surface area contributed by atoms with Crippen LogP contribution >= 0.6 is 23.1 Å². The summed E-state index contributed by atoms with van der Waals surface area (Å²) in [4.78, 5) is 5.47. The average Bonchev–Trinajstić information content (AvgIpc) is 3.01. The minimum Gasteiger partial charge on any atom is -0.394 e. The van der Waals surface area contributed by atoms with Gasteiger partial charge in [-0.15, -0.1) is 16.4 Å². The molecule has 0 bridgehead atoms. The van der Waals surface area contributed by atoms with Gasteiger partial charge in [-0.05, 0) is 10.4 Å². The minimum absolute atomic E-state index is 0.0266. The van der Waals surface area contributed by atoms with Crippen molar-refractivity contribution in [2.75, 3.05) is 6.61 Å². The highest BCUT2D eigenvalue weighted by Crippen LogP contribution is 2.20. The number of nitrogens with zero attached hydrogens (tertiary/aromatic N) is 6. The first-order valence-corrected chi connectivity index (χ1v) is 7.14. The highest BCUT2D eigenvalue weighted by Gasteiger charge is 2.08. The number of hydrogen-bond donors (Lipinski definition) is 1. The van der Waals surface area contributed by atoms with E-state index in [2.05, 4.69) is 20.5 Å². The Hall–Kier alpha value is -1.45. The molecule has 0 aromatic carbocycles. The molecule has 0 unspecified atom stereocenters. The van der Waals surface area contributed by atoms with Crippen LogP contribution in [-0.2, 0) is 12.3 Å². The maximum absolute atomic E-state index is 8.88. The van der Waals surface area contributed by atoms with E-state index in [1.165, 1.54) is 11.8 Å². The Morgan fingerprint density at radius 3 is 3.22 bits per heavy atom. The van der Waals surface area contributed by atoms with E-state index in [0.717, 1.165) is 10.7 Å². The molecule has 0 spiro atoms. The molecular weight excluding hydrogens is 272 g/mol. The first kappa shape index (κ1) is 11.6. The van der Waals surface area contributed by atoms with Crippen LogP contribution in [0.15, 0.2) is 22.9 Å². The zero-order chi connectivity index (χ0) is 12.4. The average molecular weight is 282 g/mol. The second kappa shape index (κ2) is 5.04. The van der Waals surface area contributed by atoms with Crippen molar-refractivity contribution in [1.82, 2.24) is 29.6 Å². The second-order valence-corrected chi connectivity index (χ2v) is 5.34. The second-order valence-electron chi connectivity index (χ2n) is 3.52. The Morgan fingerprint density at radius 2 is 2.39 bits per heavy atom. The number of aromatic nitrogens is 6. The lowest BCUT2D eigenvalue weighted by atomic mass is 10.6. The lowest BCUT2D eigenvalue weighted by molar-refractivity contribution is 0.262. The molecule has 0 saturated carbocycles. The number of imidazole rings is 1. The summed E-state index contributed by atoms with van der Waals surface area (Å²) in [7, 11) is 0. The van der Waals surface area contributed by atoms with Gasteiger partial charge in [0.1, 0.15) is 0 Å². The van der Waals surface area contributed by atoms with Crippen molar-refractivity contribution < 1.29 is 5.11 Å². The molecule has 0 radical (unpaired) electrons. The number of thiazole rings is 1. The lowest BCUT2D eigenvalue weighted by Crippen LogP contribution is -2.05. The van der Waals surface area contributed by atoms with Gasteiger partial charge in [0, 0.05) is 23.5 Å². The van der Waals surface area contributed by atoms with E-state index in [9.17, 15) is 0 Å². The molecule has 3 heterocycles. The molecule has 0 amide bonds. The van der Waals surface area contributed by atoms with Crippen LogP contribution in [-0.4, -0.2) is 41.3 Å². The van der Waals surface area contributed by atoms with Crippen LogP contribution in [0.5, 0.6) is 0 Å². The number of aliphatic hydroxyl groups excluding tert-OH is 1. The van der Waals surface area contributed by atoms with Crippen molar-refractivity contribution >= 4 is 28.1 Å². The fraction of sp³-hybridized carbons (Fsp3) is 0.333. The Morgan fingerprint density at radius 1 is 1.44 bits per heavy atom. The largest absolute Gasteiger partial charge is 0.394 e. The number of hydrogen-bond acceptors (Lipinski definition) is 7. The van der Waals surface area contributed by atoms with Crippen LogP contribution in [0.1, 0.15) is 5.69 Å². The Balaban J connectivity index is 1.70. The van der Waals surface area contributed by atoms with Crippen LogP contribution in [0.2, 0.25) is 0 Å². The molecule has 0 saturated heterocycles. The smallest absolute Gasteiger partial charge is 0.209 e. The molecule has 0 aliphatic rings. The Kier molecular flexibility index (Phi) is 3.26. The van der Waals surface area contributed by atoms with Gasteiger partial charge in [0.25, 0.3) is 0 Å². The van der Waals surface area contributed by atoms with Gasteiger partial charge in [0.05, 0.1) is 18.8 Å². The van der Waals surface area contributed by atoms with E-state index in [-0.39, 0.29) is 6.61 Å². The molecule has 3 rings (SSSR count). The quantitative estimate of drug-likeness (QED) is 0.693. The zero-order valence-electron chi connectivity index (χ0n) is 9.30. The van der Waals surface area contributed by atoms with Gasteiger partial charge in [0.2, 0.25) is 5.16 Å². The molecule has 0 fully saturated rings. The fourth-order valence-electron chi connectivity index (χ4n) is 1.52. The van der Waals surface area contributed by atoms with E-state index in [1.807, 2.05) is 22.2 Å². The van der Waals surface area contributed by atoms with E-state index < -0.39 is 0 Å². The number of fused-ring (bicyclic) bond motifs is 1. The predicted octanol–water partition coefficient (Wildman–Crippen LogP) is 0.667. The molecule has 7 nitrogen and oxygen atoms in total. The number of thioether (sulfide) groups is 1. The molecule has 1 N–H and O–H groups in total. The Labute approximate surface area is 110 Å². The van der Waals surface area contributed by atoms with Gasteiger partial charge in [-0.2, -0.15) is 0 Å². The van der Waals surface area contributed by atoms with Gasteiger partial charge in [-0.1, -0.05) is 11.8 Å². The molecule has 94 valence electrons. The van der Waals surface area contributed by atoms with Crippen molar-refractivity contribution in [3.8, 4) is 0 Å². The lowest BCUT2D eigenvalue weighted by Gasteiger charge is -1.99. The summed E-state index contributed by atoms with van der Waals surface area (Å²) >= 11 is 3.12. The summed E-state index contributed by atoms with van der Waals surface area (Å²) in [5.41, 5.74) is 0.991. The predicted molar refractivity (Wildman–Crippen MR) is 67.5 cm³/mol. The number of rotatable bonds is 5. The zero-order valence-corrected chi connectivity index (χ0v) is 10.9. The maximum atomic E-state index is 8.88. The third kappa shape index (κ3) is 2.24. The normalized spacial score (nSPS) is 11.4. The van der Waals surface area contributed by atoms with Gasteiger partial charge < -0.3 is 5.11 Å². The topological polar surface area (TPSA) is 81.1 Å². The SMILES string of the molecule is OCCn1nnnc1SCc1cn2ccsc2n1. The van der Waals surface area contributed by atoms with E-state index >= 15 is 0 Å². The van der Waals surface area contributed by atoms with Crippen LogP contribution in [0.25, 0.3) is 4.96 Å². The highest BCUT2D eigenvalue weighted by molar-refractivity contribution is 7.98. The highest BCUT2D eigenvalue weighted by atomic mass is 32.2. The van der Waals surface area contributed by atoms with Crippen LogP contribution in [0, 0.1) is 0 Å². The summed E-state index contributed by atoms with van der Waals surface area (Å²) < 4.78 is 3.58. The van der Waals surface area contributed by atoms with Crippen LogP contribution in [0.4, 0.5) is 0 Å². The first-order valence-electron chi connectivity index (χ1n) is 5.28. The van der Waals surface area contributed by atoms with E-state index in [4.69, 9.17) is 5.11 Å². The van der Waals surface area contributed by atoms with Crippen molar-refractivity contribution in [2.24, 2.45) is 0 Å². The minimum atomic E-state index is 0.0266. The molecule has 18 heavy (non-hydrogen) atoms. The Bertz CT molecular complexity index is 616. The van der Waals surface area contributed by atoms with Crippen LogP contribution in [0.3, 0.4) is 0 Å². The summed E-state index contributed by atoms with van der Waals surface area (Å²) in [5.74, 6) is 0.709. The molecule has 3 aromatic rings. The molecule has 9 heteroatoms. The standard InChI is InChI=1S/C9H10N6OS2/c16-3-1-15-9(11-12-13-15)18-6-7-5-14-2-4-17-8(14)10-7/h2,4-5,16H,1,3,6H2. The molecule has 0 atom stereocenters. The van der Waals surface area contributed by atoms with E-state index in [0.29, 0.717) is 17.5 Å². The number of aliphatic hydroxyl groups is 1. The molecule has 3 aromatic heterocycles. The van der Waals surface area contributed by atoms with Crippen molar-refractivity contribution in [3.63, 3.8) is 0 Å². The number of tetrazole rings is 1. The summed E-state index contributed by atoms with van der Waals surface area (Å²) in [5, 5.41) is 22.9. The van der Waals surface area contributed by atoms with Gasteiger partial charge >= 0.3 is 0 Å². The maximum Gasteiger partial charge on any atom is 0.209 e. The fourth-order valence-corrected chi connectivity index (χ4v) is 3.03. The molecular formula is C9H10N6OS2. The monoisotopic (exact) mass is 282 g/mol. The third-order valence-corrected chi connectivity index (χ3v) is 4.06. The summed E-state index contributed by atoms with van der Waals surface area (Å²) in [6.45, 7) is 0.437. The molecule has 0 aliphatic heterocycles. The third-order valence-electron chi connectivity index (χ3n) is 2.30. The van der Waals surface area contributed by atoms with Crippen molar-refractivity contribution in [3.05, 3.63) is 23.5 Å². The van der Waals surface area contributed by atoms with E-state index in [1.54, 1.807) is 16.0 Å².